The molecule has 2 aromatic heterocycles. The quantitative estimate of drug-likeness (QED) is 0.579. The molecule has 0 saturated heterocycles. The van der Waals surface area contributed by atoms with E-state index in [1.165, 1.54) is 5.56 Å². The number of esters is 1. The van der Waals surface area contributed by atoms with Crippen LogP contribution in [0.2, 0.25) is 0 Å². The molecule has 0 saturated carbocycles. The second kappa shape index (κ2) is 7.08. The van der Waals surface area contributed by atoms with Crippen molar-refractivity contribution in [2.75, 3.05) is 6.61 Å². The number of benzene rings is 1. The minimum atomic E-state index is -0.446. The molecule has 1 aromatic carbocycles. The molecule has 3 aromatic rings. The first-order valence-corrected chi connectivity index (χ1v) is 7.85. The van der Waals surface area contributed by atoms with Gasteiger partial charge in [0.15, 0.2) is 0 Å². The molecule has 0 bridgehead atoms. The molecule has 0 atom stereocenters. The maximum Gasteiger partial charge on any atom is 0.340 e. The van der Waals surface area contributed by atoms with Gasteiger partial charge >= 0.3 is 5.97 Å². The molecule has 0 radical (unpaired) electrons. The third-order valence-corrected chi connectivity index (χ3v) is 3.85. The number of ether oxygens (including phenoxy) is 1. The van der Waals surface area contributed by atoms with Crippen LogP contribution in [0.1, 0.15) is 28.0 Å². The number of fused-ring (bicyclic) bond motifs is 1. The van der Waals surface area contributed by atoms with Gasteiger partial charge in [-0.3, -0.25) is 9.78 Å². The number of aromatic nitrogens is 2. The smallest absolute Gasteiger partial charge is 0.340 e. The topological polar surface area (TPSA) is 72.0 Å². The molecule has 2 heterocycles. The third kappa shape index (κ3) is 3.51. The van der Waals surface area contributed by atoms with Gasteiger partial charge in [0.1, 0.15) is 0 Å². The van der Waals surface area contributed by atoms with Crippen LogP contribution in [-0.2, 0) is 11.2 Å². The maximum absolute atomic E-state index is 12.3. The van der Waals surface area contributed by atoms with E-state index in [9.17, 15) is 9.59 Å². The van der Waals surface area contributed by atoms with Crippen molar-refractivity contribution in [1.82, 2.24) is 9.97 Å². The summed E-state index contributed by atoms with van der Waals surface area (Å²) < 4.78 is 5.33. The van der Waals surface area contributed by atoms with Crippen LogP contribution in [0.5, 0.6) is 0 Å². The molecule has 3 rings (SSSR count). The van der Waals surface area contributed by atoms with Gasteiger partial charge in [0.2, 0.25) is 0 Å². The number of aryl methyl sites for hydroxylation is 2. The van der Waals surface area contributed by atoms with E-state index in [2.05, 4.69) is 9.97 Å². The zero-order chi connectivity index (χ0) is 16.9. The van der Waals surface area contributed by atoms with Gasteiger partial charge in [0.05, 0.1) is 28.8 Å². The lowest BCUT2D eigenvalue weighted by Gasteiger charge is -2.08. The number of aromatic amines is 1. The summed E-state index contributed by atoms with van der Waals surface area (Å²) >= 11 is 0. The van der Waals surface area contributed by atoms with E-state index in [4.69, 9.17) is 4.74 Å². The molecule has 0 aliphatic heterocycles. The summed E-state index contributed by atoms with van der Waals surface area (Å²) in [7, 11) is 0. The minimum Gasteiger partial charge on any atom is -0.462 e. The van der Waals surface area contributed by atoms with Gasteiger partial charge in [0.25, 0.3) is 5.56 Å². The third-order valence-electron chi connectivity index (χ3n) is 3.85. The van der Waals surface area contributed by atoms with E-state index in [1.54, 1.807) is 25.3 Å². The van der Waals surface area contributed by atoms with Crippen molar-refractivity contribution in [1.29, 1.82) is 0 Å². The minimum absolute atomic E-state index is 0.266. The highest BCUT2D eigenvalue weighted by Gasteiger charge is 2.14. The van der Waals surface area contributed by atoms with Gasteiger partial charge in [-0.15, -0.1) is 0 Å². The van der Waals surface area contributed by atoms with E-state index in [-0.39, 0.29) is 5.56 Å². The van der Waals surface area contributed by atoms with Crippen LogP contribution in [0.25, 0.3) is 10.9 Å². The Bertz CT molecular complexity index is 917. The van der Waals surface area contributed by atoms with E-state index in [0.717, 1.165) is 12.8 Å². The first-order chi connectivity index (χ1) is 11.6. The summed E-state index contributed by atoms with van der Waals surface area (Å²) in [5.74, 6) is -0.446. The van der Waals surface area contributed by atoms with Gasteiger partial charge in [0, 0.05) is 6.20 Å². The molecule has 24 heavy (non-hydrogen) atoms. The number of hydrogen-bond donors (Lipinski definition) is 1. The van der Waals surface area contributed by atoms with Crippen LogP contribution in [0.4, 0.5) is 0 Å². The molecule has 5 nitrogen and oxygen atoms in total. The molecule has 0 fully saturated rings. The Balaban J connectivity index is 1.66. The zero-order valence-corrected chi connectivity index (χ0v) is 13.4. The average molecular weight is 322 g/mol. The highest BCUT2D eigenvalue weighted by Crippen LogP contribution is 2.14. The predicted octanol–water partition coefficient (Wildman–Crippen LogP) is 3.02. The van der Waals surface area contributed by atoms with E-state index in [1.807, 2.05) is 30.3 Å². The number of H-pyrrole nitrogens is 1. The molecular formula is C19H18N2O3. The fourth-order valence-corrected chi connectivity index (χ4v) is 2.58. The van der Waals surface area contributed by atoms with Crippen LogP contribution < -0.4 is 5.56 Å². The molecule has 0 amide bonds. The SMILES string of the molecule is Cc1nc2cc[nH]c(=O)c2cc1C(=O)OCCCc1ccccc1. The lowest BCUT2D eigenvalue weighted by Crippen LogP contribution is -2.12. The first kappa shape index (κ1) is 15.9. The summed E-state index contributed by atoms with van der Waals surface area (Å²) in [5, 5.41) is 0.388. The zero-order valence-electron chi connectivity index (χ0n) is 13.4. The largest absolute Gasteiger partial charge is 0.462 e. The van der Waals surface area contributed by atoms with Crippen molar-refractivity contribution in [3.8, 4) is 0 Å². The number of carbonyl (C=O) groups excluding carboxylic acids is 1. The van der Waals surface area contributed by atoms with Crippen molar-refractivity contribution in [2.24, 2.45) is 0 Å². The number of carbonyl (C=O) groups is 1. The number of pyridine rings is 2. The highest BCUT2D eigenvalue weighted by atomic mass is 16.5. The molecule has 0 unspecified atom stereocenters. The standard InChI is InChI=1S/C19H18N2O3/c1-13-15(12-16-17(21-13)9-10-20-18(16)22)19(23)24-11-5-8-14-6-3-2-4-7-14/h2-4,6-7,9-10,12H,5,8,11H2,1H3,(H,20,22). The van der Waals surface area contributed by atoms with Crippen LogP contribution in [0.3, 0.4) is 0 Å². The Morgan fingerprint density at radius 3 is 2.79 bits per heavy atom. The summed E-state index contributed by atoms with van der Waals surface area (Å²) in [6, 6.07) is 13.3. The fourth-order valence-electron chi connectivity index (χ4n) is 2.58. The van der Waals surface area contributed by atoms with Gasteiger partial charge in [-0.1, -0.05) is 30.3 Å². The molecule has 0 aliphatic carbocycles. The Hall–Kier alpha value is -2.95. The van der Waals surface area contributed by atoms with Crippen molar-refractivity contribution in [2.45, 2.75) is 19.8 Å². The summed E-state index contributed by atoms with van der Waals surface area (Å²) in [4.78, 5) is 31.0. The Morgan fingerprint density at radius 1 is 1.21 bits per heavy atom. The second-order valence-electron chi connectivity index (χ2n) is 5.59. The van der Waals surface area contributed by atoms with Gasteiger partial charge in [-0.05, 0) is 37.5 Å². The summed E-state index contributed by atoms with van der Waals surface area (Å²) in [6.45, 7) is 2.07. The lowest BCUT2D eigenvalue weighted by molar-refractivity contribution is 0.0499. The monoisotopic (exact) mass is 322 g/mol. The molecule has 1 N–H and O–H groups in total. The summed E-state index contributed by atoms with van der Waals surface area (Å²) in [6.07, 6.45) is 3.14. The Morgan fingerprint density at radius 2 is 2.00 bits per heavy atom. The van der Waals surface area contributed by atoms with E-state index >= 15 is 0 Å². The predicted molar refractivity (Wildman–Crippen MR) is 92.1 cm³/mol. The van der Waals surface area contributed by atoms with Crippen molar-refractivity contribution in [3.63, 3.8) is 0 Å². The molecule has 122 valence electrons. The van der Waals surface area contributed by atoms with Crippen LogP contribution in [0, 0.1) is 6.92 Å². The normalized spacial score (nSPS) is 10.7. The van der Waals surface area contributed by atoms with Gasteiger partial charge < -0.3 is 9.72 Å². The molecule has 5 heteroatoms. The average Bonchev–Trinajstić information content (AvgIpc) is 2.59. The lowest BCUT2D eigenvalue weighted by atomic mass is 10.1. The van der Waals surface area contributed by atoms with Crippen molar-refractivity contribution >= 4 is 16.9 Å². The molecule has 0 spiro atoms. The van der Waals surface area contributed by atoms with Gasteiger partial charge in [-0.25, -0.2) is 4.79 Å². The number of rotatable bonds is 5. The van der Waals surface area contributed by atoms with Crippen molar-refractivity contribution < 1.29 is 9.53 Å². The second-order valence-corrected chi connectivity index (χ2v) is 5.59. The Kier molecular flexibility index (Phi) is 4.70. The van der Waals surface area contributed by atoms with Crippen LogP contribution in [0.15, 0.2) is 53.5 Å². The maximum atomic E-state index is 12.3. The number of nitrogens with one attached hydrogen (secondary N) is 1. The molecular weight excluding hydrogens is 304 g/mol. The molecule has 0 aliphatic rings. The number of nitrogens with zero attached hydrogens (tertiary/aromatic N) is 1. The number of hydrogen-bond acceptors (Lipinski definition) is 4. The van der Waals surface area contributed by atoms with Crippen molar-refractivity contribution in [3.05, 3.63) is 75.8 Å². The summed E-state index contributed by atoms with van der Waals surface area (Å²) in [5.41, 5.74) is 2.40. The van der Waals surface area contributed by atoms with E-state index in [0.29, 0.717) is 28.8 Å². The van der Waals surface area contributed by atoms with Crippen LogP contribution >= 0.6 is 0 Å². The van der Waals surface area contributed by atoms with Crippen LogP contribution in [-0.4, -0.2) is 22.5 Å². The first-order valence-electron chi connectivity index (χ1n) is 7.85. The van der Waals surface area contributed by atoms with Gasteiger partial charge in [-0.2, -0.15) is 0 Å². The van der Waals surface area contributed by atoms with E-state index < -0.39 is 5.97 Å². The fraction of sp³-hybridized carbons (Fsp3) is 0.211. The Labute approximate surface area is 139 Å². The highest BCUT2D eigenvalue weighted by molar-refractivity contribution is 5.94.